The number of amides is 1. The molecule has 1 aromatic heterocycles. The van der Waals surface area contributed by atoms with Gasteiger partial charge in [0.15, 0.2) is 0 Å². The van der Waals surface area contributed by atoms with E-state index in [1.54, 1.807) is 0 Å². The van der Waals surface area contributed by atoms with Crippen LogP contribution in [0, 0.1) is 0 Å². The third-order valence-corrected chi connectivity index (χ3v) is 4.63. The van der Waals surface area contributed by atoms with Crippen molar-refractivity contribution in [2.75, 3.05) is 5.75 Å². The van der Waals surface area contributed by atoms with Gasteiger partial charge in [0.05, 0.1) is 5.75 Å². The predicted molar refractivity (Wildman–Crippen MR) is 77.4 cm³/mol. The van der Waals surface area contributed by atoms with Crippen molar-refractivity contribution >= 4 is 22.7 Å². The molecule has 21 heavy (non-hydrogen) atoms. The van der Waals surface area contributed by atoms with Crippen LogP contribution in [-0.2, 0) is 21.3 Å². The molecule has 0 spiro atoms. The Morgan fingerprint density at radius 2 is 2.00 bits per heavy atom. The smallest absolute Gasteiger partial charge is 0.371 e. The third kappa shape index (κ3) is 5.00. The molecule has 1 fully saturated rings. The van der Waals surface area contributed by atoms with Gasteiger partial charge in [0.2, 0.25) is 11.7 Å². The Balaban J connectivity index is 1.77. The predicted octanol–water partition coefficient (Wildman–Crippen LogP) is 1.68. The van der Waals surface area contributed by atoms with Crippen LogP contribution in [0.25, 0.3) is 0 Å². The van der Waals surface area contributed by atoms with Gasteiger partial charge in [0.1, 0.15) is 11.5 Å². The minimum Gasteiger partial charge on any atom is -0.475 e. The molecule has 2 rings (SSSR count). The largest absolute Gasteiger partial charge is 0.475 e. The van der Waals surface area contributed by atoms with Crippen LogP contribution in [0.5, 0.6) is 0 Å². The van der Waals surface area contributed by atoms with E-state index in [2.05, 4.69) is 5.32 Å². The summed E-state index contributed by atoms with van der Waals surface area (Å²) in [7, 11) is -1.40. The Bertz CT molecular complexity index is 533. The molecule has 1 aliphatic carbocycles. The second-order valence-electron chi connectivity index (χ2n) is 5.20. The molecule has 0 radical (unpaired) electrons. The van der Waals surface area contributed by atoms with Gasteiger partial charge in [-0.05, 0) is 25.0 Å². The van der Waals surface area contributed by atoms with Crippen molar-refractivity contribution in [3.05, 3.63) is 23.7 Å². The number of rotatable bonds is 6. The Labute approximate surface area is 125 Å². The first-order chi connectivity index (χ1) is 10.0. The molecule has 1 atom stereocenters. The average Bonchev–Trinajstić information content (AvgIpc) is 2.88. The van der Waals surface area contributed by atoms with Crippen LogP contribution in [0.4, 0.5) is 0 Å². The lowest BCUT2D eigenvalue weighted by molar-refractivity contribution is -0.119. The monoisotopic (exact) mass is 313 g/mol. The number of carboxylic acids is 1. The number of carbonyl (C=O) groups excluding carboxylic acids is 1. The second-order valence-corrected chi connectivity index (χ2v) is 6.66. The van der Waals surface area contributed by atoms with Crippen molar-refractivity contribution in [2.24, 2.45) is 0 Å². The van der Waals surface area contributed by atoms with Gasteiger partial charge in [0, 0.05) is 16.8 Å². The molecule has 0 aliphatic heterocycles. The van der Waals surface area contributed by atoms with Crippen LogP contribution in [-0.4, -0.2) is 33.0 Å². The highest BCUT2D eigenvalue weighted by Crippen LogP contribution is 2.17. The van der Waals surface area contributed by atoms with E-state index in [-0.39, 0.29) is 29.2 Å². The van der Waals surface area contributed by atoms with Crippen LogP contribution >= 0.6 is 0 Å². The fourth-order valence-electron chi connectivity index (χ4n) is 2.44. The number of hydrogen-bond acceptors (Lipinski definition) is 4. The lowest BCUT2D eigenvalue weighted by Crippen LogP contribution is -2.38. The molecule has 6 nitrogen and oxygen atoms in total. The molecule has 0 bridgehead atoms. The Morgan fingerprint density at radius 3 is 2.62 bits per heavy atom. The number of furan rings is 1. The number of nitrogens with one attached hydrogen (secondary N) is 1. The molecule has 116 valence electrons. The minimum absolute atomic E-state index is 0.0470. The molecule has 1 amide bonds. The summed E-state index contributed by atoms with van der Waals surface area (Å²) < 4.78 is 16.9. The van der Waals surface area contributed by atoms with Crippen LogP contribution in [0.2, 0.25) is 0 Å². The molecule has 1 aromatic rings. The van der Waals surface area contributed by atoms with Crippen molar-refractivity contribution in [3.8, 4) is 0 Å². The maximum atomic E-state index is 11.9. The van der Waals surface area contributed by atoms with Crippen LogP contribution in [0.3, 0.4) is 0 Å². The van der Waals surface area contributed by atoms with Crippen molar-refractivity contribution in [1.29, 1.82) is 0 Å². The van der Waals surface area contributed by atoms with E-state index in [0.29, 0.717) is 5.76 Å². The maximum Gasteiger partial charge on any atom is 0.371 e. The normalized spacial score (nSPS) is 17.3. The lowest BCUT2D eigenvalue weighted by Gasteiger charge is -2.22. The van der Waals surface area contributed by atoms with Crippen LogP contribution < -0.4 is 5.32 Å². The second kappa shape index (κ2) is 7.40. The molecule has 1 aliphatic rings. The SMILES string of the molecule is O=C(CS(=O)Cc1ccc(C(=O)O)o1)NC1CCCCC1. The molecule has 1 unspecified atom stereocenters. The van der Waals surface area contributed by atoms with Crippen molar-refractivity contribution < 1.29 is 23.3 Å². The van der Waals surface area contributed by atoms with E-state index >= 15 is 0 Å². The molecule has 0 aromatic carbocycles. The summed E-state index contributed by atoms with van der Waals surface area (Å²) in [6, 6.07) is 2.99. The number of aromatic carboxylic acids is 1. The molecule has 0 saturated heterocycles. The summed E-state index contributed by atoms with van der Waals surface area (Å²) in [5.41, 5.74) is 0. The lowest BCUT2D eigenvalue weighted by atomic mass is 9.95. The molecule has 7 heteroatoms. The summed E-state index contributed by atoms with van der Waals surface area (Å²) in [6.07, 6.45) is 5.43. The van der Waals surface area contributed by atoms with Crippen molar-refractivity contribution in [1.82, 2.24) is 5.32 Å². The van der Waals surface area contributed by atoms with Gasteiger partial charge in [-0.2, -0.15) is 0 Å². The first-order valence-corrected chi connectivity index (χ1v) is 8.50. The van der Waals surface area contributed by atoms with E-state index in [1.807, 2.05) is 0 Å². The van der Waals surface area contributed by atoms with E-state index in [4.69, 9.17) is 9.52 Å². The van der Waals surface area contributed by atoms with Gasteiger partial charge in [-0.3, -0.25) is 9.00 Å². The number of hydrogen-bond donors (Lipinski definition) is 2. The fraction of sp³-hybridized carbons (Fsp3) is 0.571. The summed E-state index contributed by atoms with van der Waals surface area (Å²) in [5, 5.41) is 11.6. The van der Waals surface area contributed by atoms with Gasteiger partial charge in [-0.15, -0.1) is 0 Å². The van der Waals surface area contributed by atoms with E-state index in [1.165, 1.54) is 18.6 Å². The standard InChI is InChI=1S/C14H19NO5S/c16-13(15-10-4-2-1-3-5-10)9-21(19)8-11-6-7-12(20-11)14(17)18/h6-7,10H,1-5,8-9H2,(H,15,16)(H,17,18). The van der Waals surface area contributed by atoms with Gasteiger partial charge in [0.25, 0.3) is 0 Å². The zero-order valence-corrected chi connectivity index (χ0v) is 12.5. The summed E-state index contributed by atoms with van der Waals surface area (Å²) in [5.74, 6) is -1.29. The third-order valence-electron chi connectivity index (χ3n) is 3.44. The first-order valence-electron chi connectivity index (χ1n) is 7.01. The van der Waals surface area contributed by atoms with Gasteiger partial charge >= 0.3 is 5.97 Å². The summed E-state index contributed by atoms with van der Waals surface area (Å²) in [6.45, 7) is 0. The topological polar surface area (TPSA) is 96.6 Å². The molecule has 1 saturated carbocycles. The fourth-order valence-corrected chi connectivity index (χ4v) is 3.39. The van der Waals surface area contributed by atoms with E-state index < -0.39 is 16.8 Å². The highest BCUT2D eigenvalue weighted by molar-refractivity contribution is 7.84. The Morgan fingerprint density at radius 1 is 1.29 bits per heavy atom. The van der Waals surface area contributed by atoms with Crippen LogP contribution in [0.1, 0.15) is 48.4 Å². The molecule has 1 heterocycles. The average molecular weight is 313 g/mol. The highest BCUT2D eigenvalue weighted by Gasteiger charge is 2.18. The Hall–Kier alpha value is -1.63. The number of carbonyl (C=O) groups is 2. The summed E-state index contributed by atoms with van der Waals surface area (Å²) in [4.78, 5) is 22.5. The van der Waals surface area contributed by atoms with Gasteiger partial charge in [-0.25, -0.2) is 4.79 Å². The first kappa shape index (κ1) is 15.8. The van der Waals surface area contributed by atoms with Crippen molar-refractivity contribution in [2.45, 2.75) is 43.9 Å². The van der Waals surface area contributed by atoms with Crippen LogP contribution in [0.15, 0.2) is 16.5 Å². The van der Waals surface area contributed by atoms with Gasteiger partial charge < -0.3 is 14.8 Å². The molecular formula is C14H19NO5S. The zero-order valence-electron chi connectivity index (χ0n) is 11.7. The van der Waals surface area contributed by atoms with E-state index in [0.717, 1.165) is 25.7 Å². The highest BCUT2D eigenvalue weighted by atomic mass is 32.2. The zero-order chi connectivity index (χ0) is 15.2. The van der Waals surface area contributed by atoms with Crippen molar-refractivity contribution in [3.63, 3.8) is 0 Å². The Kier molecular flexibility index (Phi) is 5.55. The summed E-state index contributed by atoms with van der Waals surface area (Å²) >= 11 is 0. The number of carboxylic acid groups (broad SMARTS) is 1. The molecule has 2 N–H and O–H groups in total. The quantitative estimate of drug-likeness (QED) is 0.833. The molecular weight excluding hydrogens is 294 g/mol. The van der Waals surface area contributed by atoms with Gasteiger partial charge in [-0.1, -0.05) is 19.3 Å². The van der Waals surface area contributed by atoms with E-state index in [9.17, 15) is 13.8 Å². The maximum absolute atomic E-state index is 11.9. The minimum atomic E-state index is -1.40.